The molecular formula is C18H26N2O. The maximum atomic E-state index is 13.2. The summed E-state index contributed by atoms with van der Waals surface area (Å²) in [6.45, 7) is 7.86. The van der Waals surface area contributed by atoms with E-state index in [0.717, 1.165) is 45.4 Å². The lowest BCUT2D eigenvalue weighted by Gasteiger charge is -2.36. The second-order valence-electron chi connectivity index (χ2n) is 6.84. The molecule has 1 amide bonds. The number of nitrogens with zero attached hydrogens (tertiary/aromatic N) is 1. The molecule has 3 nitrogen and oxygen atoms in total. The van der Waals surface area contributed by atoms with E-state index in [2.05, 4.69) is 48.3 Å². The average Bonchev–Trinajstić information content (AvgIpc) is 2.88. The SMILES string of the molecule is CC(C)C1(C(=O)N2CCCc3ccccc3C2)CCNC1. The minimum Gasteiger partial charge on any atom is -0.338 e. The van der Waals surface area contributed by atoms with Crippen LogP contribution in [-0.2, 0) is 17.8 Å². The summed E-state index contributed by atoms with van der Waals surface area (Å²) in [4.78, 5) is 15.3. The quantitative estimate of drug-likeness (QED) is 0.906. The van der Waals surface area contributed by atoms with Gasteiger partial charge >= 0.3 is 0 Å². The first-order valence-corrected chi connectivity index (χ1v) is 8.20. The highest BCUT2D eigenvalue weighted by Gasteiger charge is 2.46. The molecule has 3 rings (SSSR count). The molecule has 1 aromatic rings. The Bertz CT molecular complexity index is 518. The van der Waals surface area contributed by atoms with Gasteiger partial charge in [0.15, 0.2) is 0 Å². The number of carbonyl (C=O) groups is 1. The summed E-state index contributed by atoms with van der Waals surface area (Å²) in [7, 11) is 0. The second kappa shape index (κ2) is 5.80. The Hall–Kier alpha value is -1.35. The van der Waals surface area contributed by atoms with Crippen LogP contribution in [0.25, 0.3) is 0 Å². The number of hydrogen-bond acceptors (Lipinski definition) is 2. The van der Waals surface area contributed by atoms with E-state index >= 15 is 0 Å². The third-order valence-corrected chi connectivity index (χ3v) is 5.36. The van der Waals surface area contributed by atoms with Crippen LogP contribution in [-0.4, -0.2) is 30.4 Å². The second-order valence-corrected chi connectivity index (χ2v) is 6.84. The highest BCUT2D eigenvalue weighted by Crippen LogP contribution is 2.37. The molecule has 0 radical (unpaired) electrons. The van der Waals surface area contributed by atoms with E-state index in [9.17, 15) is 4.79 Å². The number of aryl methyl sites for hydroxylation is 1. The van der Waals surface area contributed by atoms with Crippen molar-refractivity contribution in [1.82, 2.24) is 10.2 Å². The van der Waals surface area contributed by atoms with Crippen molar-refractivity contribution in [2.45, 2.75) is 39.7 Å². The third kappa shape index (κ3) is 2.59. The van der Waals surface area contributed by atoms with Gasteiger partial charge in [-0.3, -0.25) is 4.79 Å². The van der Waals surface area contributed by atoms with Crippen molar-refractivity contribution >= 4 is 5.91 Å². The molecule has 3 heteroatoms. The Labute approximate surface area is 127 Å². The highest BCUT2D eigenvalue weighted by molar-refractivity contribution is 5.84. The monoisotopic (exact) mass is 286 g/mol. The molecule has 1 aromatic carbocycles. The van der Waals surface area contributed by atoms with Crippen LogP contribution in [0.2, 0.25) is 0 Å². The van der Waals surface area contributed by atoms with E-state index in [0.29, 0.717) is 11.8 Å². The molecule has 1 N–H and O–H groups in total. The molecule has 2 aliphatic heterocycles. The van der Waals surface area contributed by atoms with Gasteiger partial charge in [0.25, 0.3) is 0 Å². The lowest BCUT2D eigenvalue weighted by molar-refractivity contribution is -0.144. The van der Waals surface area contributed by atoms with E-state index < -0.39 is 0 Å². The minimum atomic E-state index is -0.195. The number of amides is 1. The molecule has 0 aliphatic carbocycles. The zero-order valence-electron chi connectivity index (χ0n) is 13.2. The van der Waals surface area contributed by atoms with Crippen molar-refractivity contribution in [2.24, 2.45) is 11.3 Å². The first-order chi connectivity index (χ1) is 10.1. The smallest absolute Gasteiger partial charge is 0.230 e. The average molecular weight is 286 g/mol. The normalized spacial score (nSPS) is 25.8. The summed E-state index contributed by atoms with van der Waals surface area (Å²) in [5.74, 6) is 0.748. The highest BCUT2D eigenvalue weighted by atomic mass is 16.2. The fourth-order valence-corrected chi connectivity index (χ4v) is 3.82. The molecule has 0 saturated carbocycles. The van der Waals surface area contributed by atoms with E-state index in [1.807, 2.05) is 0 Å². The Balaban J connectivity index is 1.85. The fraction of sp³-hybridized carbons (Fsp3) is 0.611. The lowest BCUT2D eigenvalue weighted by atomic mass is 9.75. The Kier molecular flexibility index (Phi) is 4.03. The molecule has 0 aromatic heterocycles. The molecular weight excluding hydrogens is 260 g/mol. The maximum absolute atomic E-state index is 13.2. The predicted molar refractivity (Wildman–Crippen MR) is 84.9 cm³/mol. The van der Waals surface area contributed by atoms with Crippen LogP contribution in [0.5, 0.6) is 0 Å². The molecule has 0 bridgehead atoms. The first-order valence-electron chi connectivity index (χ1n) is 8.20. The van der Waals surface area contributed by atoms with Crippen molar-refractivity contribution in [3.05, 3.63) is 35.4 Å². The topological polar surface area (TPSA) is 32.3 Å². The van der Waals surface area contributed by atoms with E-state index in [1.54, 1.807) is 0 Å². The van der Waals surface area contributed by atoms with Gasteiger partial charge in [-0.05, 0) is 42.9 Å². The number of hydrogen-bond donors (Lipinski definition) is 1. The zero-order valence-corrected chi connectivity index (χ0v) is 13.2. The molecule has 1 saturated heterocycles. The fourth-order valence-electron chi connectivity index (χ4n) is 3.82. The van der Waals surface area contributed by atoms with Crippen molar-refractivity contribution in [3.8, 4) is 0 Å². The molecule has 1 unspecified atom stereocenters. The van der Waals surface area contributed by atoms with Crippen molar-refractivity contribution < 1.29 is 4.79 Å². The summed E-state index contributed by atoms with van der Waals surface area (Å²) in [5, 5.41) is 3.40. The van der Waals surface area contributed by atoms with Crippen LogP contribution in [0.3, 0.4) is 0 Å². The predicted octanol–water partition coefficient (Wildman–Crippen LogP) is 2.60. The van der Waals surface area contributed by atoms with Gasteiger partial charge in [0.1, 0.15) is 0 Å². The van der Waals surface area contributed by atoms with Crippen LogP contribution in [0.15, 0.2) is 24.3 Å². The number of benzene rings is 1. The van der Waals surface area contributed by atoms with Gasteiger partial charge in [-0.25, -0.2) is 0 Å². The first kappa shape index (κ1) is 14.6. The maximum Gasteiger partial charge on any atom is 0.230 e. The zero-order chi connectivity index (χ0) is 14.9. The van der Waals surface area contributed by atoms with Crippen molar-refractivity contribution in [1.29, 1.82) is 0 Å². The van der Waals surface area contributed by atoms with Crippen LogP contribution in [0, 0.1) is 11.3 Å². The summed E-state index contributed by atoms with van der Waals surface area (Å²) in [6, 6.07) is 8.57. The molecule has 114 valence electrons. The van der Waals surface area contributed by atoms with Gasteiger partial charge in [0.05, 0.1) is 5.41 Å². The Morgan fingerprint density at radius 2 is 2.05 bits per heavy atom. The molecule has 2 heterocycles. The molecule has 1 fully saturated rings. The number of fused-ring (bicyclic) bond motifs is 1. The van der Waals surface area contributed by atoms with Gasteiger partial charge in [-0.1, -0.05) is 38.1 Å². The van der Waals surface area contributed by atoms with Gasteiger partial charge in [0, 0.05) is 19.6 Å². The van der Waals surface area contributed by atoms with Gasteiger partial charge in [-0.15, -0.1) is 0 Å². The van der Waals surface area contributed by atoms with Crippen LogP contribution in [0.1, 0.15) is 37.8 Å². The van der Waals surface area contributed by atoms with Gasteiger partial charge < -0.3 is 10.2 Å². The standard InChI is InChI=1S/C18H26N2O/c1-14(2)18(9-10-19-13-18)17(21)20-11-5-8-15-6-3-4-7-16(15)12-20/h3-4,6-7,14,19H,5,8-13H2,1-2H3. The molecule has 1 atom stereocenters. The van der Waals surface area contributed by atoms with Crippen LogP contribution >= 0.6 is 0 Å². The van der Waals surface area contributed by atoms with E-state index in [4.69, 9.17) is 0 Å². The molecule has 0 spiro atoms. The van der Waals surface area contributed by atoms with E-state index in [1.165, 1.54) is 11.1 Å². The van der Waals surface area contributed by atoms with E-state index in [-0.39, 0.29) is 5.41 Å². The summed E-state index contributed by atoms with van der Waals surface area (Å²) < 4.78 is 0. The molecule has 2 aliphatic rings. The Morgan fingerprint density at radius 3 is 2.71 bits per heavy atom. The number of nitrogens with one attached hydrogen (secondary N) is 1. The number of rotatable bonds is 2. The van der Waals surface area contributed by atoms with Crippen LogP contribution < -0.4 is 5.32 Å². The van der Waals surface area contributed by atoms with Crippen molar-refractivity contribution in [2.75, 3.05) is 19.6 Å². The largest absolute Gasteiger partial charge is 0.338 e. The van der Waals surface area contributed by atoms with Gasteiger partial charge in [-0.2, -0.15) is 0 Å². The Morgan fingerprint density at radius 1 is 1.29 bits per heavy atom. The van der Waals surface area contributed by atoms with Crippen molar-refractivity contribution in [3.63, 3.8) is 0 Å². The summed E-state index contributed by atoms with van der Waals surface area (Å²) in [5.41, 5.74) is 2.54. The number of carbonyl (C=O) groups excluding carboxylic acids is 1. The third-order valence-electron chi connectivity index (χ3n) is 5.36. The summed E-state index contributed by atoms with van der Waals surface area (Å²) >= 11 is 0. The minimum absolute atomic E-state index is 0.195. The molecule has 21 heavy (non-hydrogen) atoms. The van der Waals surface area contributed by atoms with Crippen LogP contribution in [0.4, 0.5) is 0 Å². The summed E-state index contributed by atoms with van der Waals surface area (Å²) in [6.07, 6.45) is 3.14. The lowest BCUT2D eigenvalue weighted by Crippen LogP contribution is -2.48. The van der Waals surface area contributed by atoms with Gasteiger partial charge in [0.2, 0.25) is 5.91 Å².